The number of hydrogen-bond acceptors (Lipinski definition) is 2. The zero-order valence-electron chi connectivity index (χ0n) is 11.2. The molecule has 1 aliphatic rings. The zero-order chi connectivity index (χ0) is 13.9. The first-order chi connectivity index (χ1) is 9.01. The van der Waals surface area contributed by atoms with Gasteiger partial charge in [-0.1, -0.05) is 25.5 Å². The summed E-state index contributed by atoms with van der Waals surface area (Å²) in [4.78, 5) is 0.302. The maximum atomic E-state index is 12.2. The Kier molecular flexibility index (Phi) is 4.54. The van der Waals surface area contributed by atoms with Crippen molar-refractivity contribution in [1.82, 2.24) is 4.72 Å². The highest BCUT2D eigenvalue weighted by Crippen LogP contribution is 2.43. The lowest BCUT2D eigenvalue weighted by Crippen LogP contribution is -2.41. The molecule has 0 aromatic heterocycles. The van der Waals surface area contributed by atoms with E-state index in [0.717, 1.165) is 24.8 Å². The van der Waals surface area contributed by atoms with Crippen molar-refractivity contribution in [3.8, 4) is 0 Å². The lowest BCUT2D eigenvalue weighted by Gasteiger charge is -2.41. The summed E-state index contributed by atoms with van der Waals surface area (Å²) in [6.07, 6.45) is 4.47. The van der Waals surface area contributed by atoms with Crippen molar-refractivity contribution < 1.29 is 8.42 Å². The first-order valence-electron chi connectivity index (χ1n) is 6.66. The summed E-state index contributed by atoms with van der Waals surface area (Å²) in [7, 11) is -3.42. The van der Waals surface area contributed by atoms with E-state index in [9.17, 15) is 8.42 Å². The molecule has 2 rings (SSSR count). The van der Waals surface area contributed by atoms with Gasteiger partial charge >= 0.3 is 0 Å². The second-order valence-electron chi connectivity index (χ2n) is 5.31. The van der Waals surface area contributed by atoms with Crippen LogP contribution >= 0.6 is 11.6 Å². The Morgan fingerprint density at radius 1 is 1.37 bits per heavy atom. The summed E-state index contributed by atoms with van der Waals surface area (Å²) < 4.78 is 27.2. The first kappa shape index (κ1) is 14.8. The monoisotopic (exact) mass is 301 g/mol. The molecule has 0 spiro atoms. The third kappa shape index (κ3) is 3.30. The molecular formula is C14H20ClNO2S. The van der Waals surface area contributed by atoms with Crippen molar-refractivity contribution in [2.75, 3.05) is 6.54 Å². The van der Waals surface area contributed by atoms with Crippen LogP contribution in [0, 0.1) is 5.41 Å². The van der Waals surface area contributed by atoms with Gasteiger partial charge in [-0.05, 0) is 42.4 Å². The fraction of sp³-hybridized carbons (Fsp3) is 0.571. The van der Waals surface area contributed by atoms with Crippen LogP contribution in [0.4, 0.5) is 0 Å². The highest BCUT2D eigenvalue weighted by Gasteiger charge is 2.36. The molecule has 1 N–H and O–H groups in total. The van der Waals surface area contributed by atoms with Gasteiger partial charge in [0.15, 0.2) is 0 Å². The maximum Gasteiger partial charge on any atom is 0.240 e. The molecule has 1 saturated carbocycles. The molecule has 106 valence electrons. The molecule has 1 aliphatic carbocycles. The van der Waals surface area contributed by atoms with E-state index in [2.05, 4.69) is 11.6 Å². The van der Waals surface area contributed by atoms with E-state index in [1.54, 1.807) is 18.2 Å². The highest BCUT2D eigenvalue weighted by molar-refractivity contribution is 7.89. The Labute approximate surface area is 120 Å². The highest BCUT2D eigenvalue weighted by atomic mass is 35.5. The van der Waals surface area contributed by atoms with Crippen molar-refractivity contribution in [2.45, 2.75) is 43.4 Å². The van der Waals surface area contributed by atoms with Gasteiger partial charge in [0.25, 0.3) is 0 Å². The zero-order valence-corrected chi connectivity index (χ0v) is 12.7. The summed E-state index contributed by atoms with van der Waals surface area (Å²) in [5, 5.41) is 0. The fourth-order valence-electron chi connectivity index (χ4n) is 2.46. The van der Waals surface area contributed by atoms with Gasteiger partial charge in [-0.3, -0.25) is 0 Å². The average molecular weight is 302 g/mol. The number of halogens is 1. The van der Waals surface area contributed by atoms with Crippen LogP contribution in [0.1, 0.15) is 38.2 Å². The Bertz CT molecular complexity index is 533. The maximum absolute atomic E-state index is 12.2. The molecule has 1 fully saturated rings. The van der Waals surface area contributed by atoms with Gasteiger partial charge in [0.2, 0.25) is 10.0 Å². The number of alkyl halides is 1. The lowest BCUT2D eigenvalue weighted by molar-refractivity contribution is 0.133. The minimum atomic E-state index is -3.42. The summed E-state index contributed by atoms with van der Waals surface area (Å²) in [5.74, 6) is 0.322. The second kappa shape index (κ2) is 5.81. The molecule has 3 nitrogen and oxygen atoms in total. The normalized spacial score (nSPS) is 18.0. The number of nitrogens with one attached hydrogen (secondary N) is 1. The standard InChI is InChI=1S/C14H20ClNO2S/c1-2-14(7-4-8-14)11-16-19(17,18)13-6-3-5-12(9-13)10-15/h3,5-6,9,16H,2,4,7-8,10-11H2,1H3. The summed E-state index contributed by atoms with van der Waals surface area (Å²) in [6, 6.07) is 6.79. The van der Waals surface area contributed by atoms with Crippen LogP contribution < -0.4 is 4.72 Å². The van der Waals surface area contributed by atoms with E-state index in [1.807, 2.05) is 6.07 Å². The molecule has 19 heavy (non-hydrogen) atoms. The number of hydrogen-bond donors (Lipinski definition) is 1. The van der Waals surface area contributed by atoms with Gasteiger partial charge in [-0.2, -0.15) is 0 Å². The smallest absolute Gasteiger partial charge is 0.211 e. The van der Waals surface area contributed by atoms with Gasteiger partial charge in [0.05, 0.1) is 4.90 Å². The van der Waals surface area contributed by atoms with E-state index in [1.165, 1.54) is 6.42 Å². The number of sulfonamides is 1. The molecule has 0 amide bonds. The Balaban J connectivity index is 2.09. The quantitative estimate of drug-likeness (QED) is 0.820. The van der Waals surface area contributed by atoms with E-state index in [-0.39, 0.29) is 5.41 Å². The predicted molar refractivity (Wildman–Crippen MR) is 77.8 cm³/mol. The summed E-state index contributed by atoms with van der Waals surface area (Å²) in [5.41, 5.74) is 0.996. The number of benzene rings is 1. The first-order valence-corrected chi connectivity index (χ1v) is 8.68. The third-order valence-electron chi connectivity index (χ3n) is 4.16. The van der Waals surface area contributed by atoms with E-state index >= 15 is 0 Å². The van der Waals surface area contributed by atoms with E-state index in [4.69, 9.17) is 11.6 Å². The third-order valence-corrected chi connectivity index (χ3v) is 5.87. The van der Waals surface area contributed by atoms with Gasteiger partial charge in [0, 0.05) is 12.4 Å². The average Bonchev–Trinajstić information content (AvgIpc) is 2.38. The van der Waals surface area contributed by atoms with Crippen molar-refractivity contribution in [3.05, 3.63) is 29.8 Å². The SMILES string of the molecule is CCC1(CNS(=O)(=O)c2cccc(CCl)c2)CCC1. The van der Waals surface area contributed by atoms with Crippen molar-refractivity contribution in [1.29, 1.82) is 0 Å². The molecular weight excluding hydrogens is 282 g/mol. The predicted octanol–water partition coefficient (Wildman–Crippen LogP) is 3.28. The fourth-order valence-corrected chi connectivity index (χ4v) is 3.85. The molecule has 1 aromatic rings. The molecule has 0 saturated heterocycles. The van der Waals surface area contributed by atoms with Crippen molar-refractivity contribution in [2.24, 2.45) is 5.41 Å². The lowest BCUT2D eigenvalue weighted by atomic mass is 9.67. The topological polar surface area (TPSA) is 46.2 Å². The Morgan fingerprint density at radius 2 is 2.11 bits per heavy atom. The van der Waals surface area contributed by atoms with Crippen LogP contribution in [0.15, 0.2) is 29.2 Å². The summed E-state index contributed by atoms with van der Waals surface area (Å²) in [6.45, 7) is 2.67. The molecule has 0 atom stereocenters. The van der Waals surface area contributed by atoms with Gasteiger partial charge < -0.3 is 0 Å². The van der Waals surface area contributed by atoms with Gasteiger partial charge in [0.1, 0.15) is 0 Å². The van der Waals surface area contributed by atoms with Crippen LogP contribution in [-0.2, 0) is 15.9 Å². The molecule has 0 bridgehead atoms. The molecule has 0 unspecified atom stereocenters. The van der Waals surface area contributed by atoms with E-state index in [0.29, 0.717) is 17.3 Å². The van der Waals surface area contributed by atoms with E-state index < -0.39 is 10.0 Å². The largest absolute Gasteiger partial charge is 0.240 e. The minimum Gasteiger partial charge on any atom is -0.211 e. The molecule has 1 aromatic carbocycles. The minimum absolute atomic E-state index is 0.178. The number of rotatable bonds is 6. The molecule has 0 aliphatic heterocycles. The van der Waals surface area contributed by atoms with Crippen LogP contribution in [0.2, 0.25) is 0 Å². The van der Waals surface area contributed by atoms with Crippen molar-refractivity contribution in [3.63, 3.8) is 0 Å². The van der Waals surface area contributed by atoms with Crippen LogP contribution in [0.25, 0.3) is 0 Å². The Hall–Kier alpha value is -0.580. The van der Waals surface area contributed by atoms with Crippen LogP contribution in [0.3, 0.4) is 0 Å². The molecule has 5 heteroatoms. The second-order valence-corrected chi connectivity index (χ2v) is 7.35. The van der Waals surface area contributed by atoms with Crippen molar-refractivity contribution >= 4 is 21.6 Å². The van der Waals surface area contributed by atoms with Crippen LogP contribution in [-0.4, -0.2) is 15.0 Å². The van der Waals surface area contributed by atoms with Crippen LogP contribution in [0.5, 0.6) is 0 Å². The van der Waals surface area contributed by atoms with Gasteiger partial charge in [-0.25, -0.2) is 13.1 Å². The molecule has 0 heterocycles. The van der Waals surface area contributed by atoms with Gasteiger partial charge in [-0.15, -0.1) is 11.6 Å². The molecule has 0 radical (unpaired) electrons. The summed E-state index contributed by atoms with van der Waals surface area (Å²) >= 11 is 5.74. The Morgan fingerprint density at radius 3 is 2.63 bits per heavy atom.